The number of fused-ring (bicyclic) bond motifs is 1. The highest BCUT2D eigenvalue weighted by atomic mass is 32.2. The molecule has 9 heteroatoms. The van der Waals surface area contributed by atoms with Crippen LogP contribution < -0.4 is 5.84 Å². The Balaban J connectivity index is 2.09. The van der Waals surface area contributed by atoms with Gasteiger partial charge in [-0.2, -0.15) is 14.6 Å². The van der Waals surface area contributed by atoms with E-state index in [-0.39, 0.29) is 0 Å². The molecule has 0 saturated heterocycles. The summed E-state index contributed by atoms with van der Waals surface area (Å²) in [6, 6.07) is 1.90. The molecule has 18 heavy (non-hydrogen) atoms. The maximum absolute atomic E-state index is 5.82. The summed E-state index contributed by atoms with van der Waals surface area (Å²) in [5.74, 6) is 7.02. The summed E-state index contributed by atoms with van der Waals surface area (Å²) in [6.45, 7) is 3.69. The Hall–Kier alpha value is -2.16. The van der Waals surface area contributed by atoms with E-state index in [0.29, 0.717) is 16.8 Å². The van der Waals surface area contributed by atoms with Crippen molar-refractivity contribution in [3.8, 4) is 0 Å². The minimum Gasteiger partial charge on any atom is -0.336 e. The second kappa shape index (κ2) is 3.95. The van der Waals surface area contributed by atoms with E-state index < -0.39 is 0 Å². The summed E-state index contributed by atoms with van der Waals surface area (Å²) in [6.07, 6.45) is 1.46. The number of hydrogen-bond donors (Lipinski definition) is 1. The second-order valence-electron chi connectivity index (χ2n) is 3.71. The van der Waals surface area contributed by atoms with Crippen LogP contribution >= 0.6 is 11.8 Å². The van der Waals surface area contributed by atoms with Crippen LogP contribution in [0.2, 0.25) is 0 Å². The zero-order valence-electron chi connectivity index (χ0n) is 9.77. The van der Waals surface area contributed by atoms with E-state index in [1.165, 1.54) is 22.8 Å². The van der Waals surface area contributed by atoms with Gasteiger partial charge in [0.05, 0.1) is 0 Å². The predicted molar refractivity (Wildman–Crippen MR) is 64.6 cm³/mol. The van der Waals surface area contributed by atoms with Crippen LogP contribution in [0.4, 0.5) is 0 Å². The van der Waals surface area contributed by atoms with E-state index in [9.17, 15) is 0 Å². The van der Waals surface area contributed by atoms with Gasteiger partial charge in [0.1, 0.15) is 17.2 Å². The minimum atomic E-state index is 0.553. The van der Waals surface area contributed by atoms with E-state index >= 15 is 0 Å². The first-order chi connectivity index (χ1) is 8.65. The topological polar surface area (TPSA) is 99.8 Å². The van der Waals surface area contributed by atoms with Gasteiger partial charge in [0.15, 0.2) is 0 Å². The highest BCUT2D eigenvalue weighted by Gasteiger charge is 2.12. The standard InChI is InChI=1S/C9H10N8S/c1-5-3-7(17-8(13-5)11-4-12-17)18-9-15-14-6(2)16(9)10/h3-4H,10H2,1-2H3. The van der Waals surface area contributed by atoms with E-state index in [2.05, 4.69) is 25.3 Å². The van der Waals surface area contributed by atoms with Gasteiger partial charge in [0.2, 0.25) is 5.16 Å². The fourth-order valence-corrected chi connectivity index (χ4v) is 2.43. The van der Waals surface area contributed by atoms with Crippen molar-refractivity contribution in [2.24, 2.45) is 0 Å². The van der Waals surface area contributed by atoms with Gasteiger partial charge >= 0.3 is 0 Å². The average Bonchev–Trinajstić information content (AvgIpc) is 2.90. The van der Waals surface area contributed by atoms with Crippen LogP contribution in [0.25, 0.3) is 5.78 Å². The number of rotatable bonds is 2. The number of aromatic nitrogens is 7. The van der Waals surface area contributed by atoms with Gasteiger partial charge < -0.3 is 5.84 Å². The summed E-state index contributed by atoms with van der Waals surface area (Å²) < 4.78 is 3.07. The average molecular weight is 262 g/mol. The van der Waals surface area contributed by atoms with Gasteiger partial charge in [-0.05, 0) is 31.7 Å². The summed E-state index contributed by atoms with van der Waals surface area (Å²) in [4.78, 5) is 8.33. The largest absolute Gasteiger partial charge is 0.336 e. The molecule has 3 rings (SSSR count). The van der Waals surface area contributed by atoms with Crippen LogP contribution in [-0.2, 0) is 0 Å². The molecule has 0 unspecified atom stereocenters. The van der Waals surface area contributed by atoms with Crippen LogP contribution in [0.1, 0.15) is 11.5 Å². The molecule has 0 amide bonds. The molecule has 8 nitrogen and oxygen atoms in total. The van der Waals surface area contributed by atoms with Gasteiger partial charge in [-0.25, -0.2) is 9.66 Å². The van der Waals surface area contributed by atoms with Crippen molar-refractivity contribution < 1.29 is 0 Å². The van der Waals surface area contributed by atoms with Crippen LogP contribution in [-0.4, -0.2) is 34.5 Å². The Labute approximate surface area is 106 Å². The van der Waals surface area contributed by atoms with Crippen molar-refractivity contribution in [3.63, 3.8) is 0 Å². The first-order valence-corrected chi connectivity index (χ1v) is 5.99. The number of nitrogens with zero attached hydrogens (tertiary/aromatic N) is 7. The van der Waals surface area contributed by atoms with E-state index in [1.54, 1.807) is 11.4 Å². The molecule has 0 radical (unpaired) electrons. The molecule has 0 aliphatic rings. The molecular formula is C9H10N8S. The van der Waals surface area contributed by atoms with Crippen molar-refractivity contribution in [2.75, 3.05) is 5.84 Å². The number of aryl methyl sites for hydroxylation is 2. The van der Waals surface area contributed by atoms with Gasteiger partial charge in [0.25, 0.3) is 5.78 Å². The zero-order valence-corrected chi connectivity index (χ0v) is 10.6. The molecule has 3 aromatic rings. The minimum absolute atomic E-state index is 0.553. The highest BCUT2D eigenvalue weighted by molar-refractivity contribution is 7.99. The number of hydrogen-bond acceptors (Lipinski definition) is 7. The molecule has 0 fully saturated rings. The summed E-state index contributed by atoms with van der Waals surface area (Å²) in [5.41, 5.74) is 0.859. The molecule has 92 valence electrons. The first kappa shape index (κ1) is 11.0. The third kappa shape index (κ3) is 1.68. The molecule has 0 atom stereocenters. The Morgan fingerprint density at radius 2 is 2.11 bits per heavy atom. The highest BCUT2D eigenvalue weighted by Crippen LogP contribution is 2.25. The van der Waals surface area contributed by atoms with Crippen LogP contribution in [0.5, 0.6) is 0 Å². The van der Waals surface area contributed by atoms with Crippen LogP contribution in [0.3, 0.4) is 0 Å². The third-order valence-corrected chi connectivity index (χ3v) is 3.34. The SMILES string of the molecule is Cc1cc(Sc2nnc(C)n2N)n2ncnc2n1. The normalized spacial score (nSPS) is 11.2. The van der Waals surface area contributed by atoms with Crippen molar-refractivity contribution in [1.82, 2.24) is 34.5 Å². The Morgan fingerprint density at radius 1 is 1.28 bits per heavy atom. The van der Waals surface area contributed by atoms with Crippen LogP contribution in [0, 0.1) is 13.8 Å². The predicted octanol–water partition coefficient (Wildman–Crippen LogP) is 0.198. The second-order valence-corrected chi connectivity index (χ2v) is 4.70. The number of nitrogens with two attached hydrogens (primary N) is 1. The smallest absolute Gasteiger partial charge is 0.253 e. The van der Waals surface area contributed by atoms with Gasteiger partial charge in [-0.15, -0.1) is 10.2 Å². The molecule has 0 aromatic carbocycles. The molecule has 2 N–H and O–H groups in total. The van der Waals surface area contributed by atoms with Gasteiger partial charge in [-0.3, -0.25) is 0 Å². The van der Waals surface area contributed by atoms with Crippen LogP contribution in [0.15, 0.2) is 22.6 Å². The molecule has 0 saturated carbocycles. The lowest BCUT2D eigenvalue weighted by atomic mass is 10.5. The zero-order chi connectivity index (χ0) is 12.7. The maximum Gasteiger partial charge on any atom is 0.253 e. The summed E-state index contributed by atoms with van der Waals surface area (Å²) >= 11 is 1.37. The molecule has 0 spiro atoms. The van der Waals surface area contributed by atoms with Crippen molar-refractivity contribution >= 4 is 17.5 Å². The molecular weight excluding hydrogens is 252 g/mol. The Morgan fingerprint density at radius 3 is 2.83 bits per heavy atom. The number of nitrogen functional groups attached to an aromatic ring is 1. The lowest BCUT2D eigenvalue weighted by Crippen LogP contribution is -2.11. The Kier molecular flexibility index (Phi) is 2.40. The summed E-state index contributed by atoms with van der Waals surface area (Å²) in [7, 11) is 0. The van der Waals surface area contributed by atoms with Gasteiger partial charge in [-0.1, -0.05) is 0 Å². The molecule has 0 bridgehead atoms. The first-order valence-electron chi connectivity index (χ1n) is 5.17. The van der Waals surface area contributed by atoms with Crippen molar-refractivity contribution in [1.29, 1.82) is 0 Å². The molecule has 0 aliphatic carbocycles. The van der Waals surface area contributed by atoms with E-state index in [0.717, 1.165) is 10.7 Å². The van der Waals surface area contributed by atoms with E-state index in [1.807, 2.05) is 13.0 Å². The monoisotopic (exact) mass is 262 g/mol. The quantitative estimate of drug-likeness (QED) is 0.520. The van der Waals surface area contributed by atoms with E-state index in [4.69, 9.17) is 5.84 Å². The fraction of sp³-hybridized carbons (Fsp3) is 0.222. The van der Waals surface area contributed by atoms with Gasteiger partial charge in [0, 0.05) is 5.69 Å². The molecule has 3 heterocycles. The Bertz CT molecular complexity index is 715. The van der Waals surface area contributed by atoms with Crippen molar-refractivity contribution in [2.45, 2.75) is 24.0 Å². The molecule has 3 aromatic heterocycles. The lowest BCUT2D eigenvalue weighted by Gasteiger charge is -2.04. The third-order valence-electron chi connectivity index (χ3n) is 2.38. The molecule has 0 aliphatic heterocycles. The summed E-state index contributed by atoms with van der Waals surface area (Å²) in [5, 5.41) is 13.5. The fourth-order valence-electron chi connectivity index (χ4n) is 1.48. The van der Waals surface area contributed by atoms with Crippen molar-refractivity contribution in [3.05, 3.63) is 23.9 Å². The lowest BCUT2D eigenvalue weighted by molar-refractivity contribution is 0.803. The maximum atomic E-state index is 5.82.